The Morgan fingerprint density at radius 3 is 2.67 bits per heavy atom. The van der Waals surface area contributed by atoms with E-state index < -0.39 is 5.97 Å². The smallest absolute Gasteiger partial charge is 0.303 e. The quantitative estimate of drug-likeness (QED) is 0.790. The van der Waals surface area contributed by atoms with E-state index in [9.17, 15) is 9.59 Å². The molecule has 0 spiro atoms. The van der Waals surface area contributed by atoms with Crippen LogP contribution in [-0.2, 0) is 11.8 Å². The number of carbonyl (C=O) groups is 2. The zero-order valence-corrected chi connectivity index (χ0v) is 10.9. The molecule has 1 rings (SSSR count). The van der Waals surface area contributed by atoms with E-state index in [1.807, 2.05) is 6.92 Å². The summed E-state index contributed by atoms with van der Waals surface area (Å²) in [5.41, 5.74) is 1.20. The predicted octanol–water partition coefficient (Wildman–Crippen LogP) is 0.959. The molecule has 0 bridgehead atoms. The first kappa shape index (κ1) is 14.2. The summed E-state index contributed by atoms with van der Waals surface area (Å²) in [5.74, 6) is -1.08. The molecule has 0 aliphatic heterocycles. The van der Waals surface area contributed by atoms with Crippen molar-refractivity contribution in [2.75, 3.05) is 6.54 Å². The molecule has 1 atom stereocenters. The number of amides is 1. The number of aromatic nitrogens is 2. The van der Waals surface area contributed by atoms with Gasteiger partial charge in [-0.2, -0.15) is 5.10 Å². The highest BCUT2D eigenvalue weighted by atomic mass is 16.4. The maximum absolute atomic E-state index is 11.9. The van der Waals surface area contributed by atoms with E-state index in [1.54, 1.807) is 24.9 Å². The van der Waals surface area contributed by atoms with Crippen LogP contribution in [0.3, 0.4) is 0 Å². The summed E-state index contributed by atoms with van der Waals surface area (Å²) in [7, 11) is 1.75. The maximum Gasteiger partial charge on any atom is 0.303 e. The van der Waals surface area contributed by atoms with Crippen LogP contribution in [0.1, 0.15) is 35.8 Å². The Morgan fingerprint density at radius 2 is 2.22 bits per heavy atom. The van der Waals surface area contributed by atoms with Crippen LogP contribution < -0.4 is 5.32 Å². The lowest BCUT2D eigenvalue weighted by Crippen LogP contribution is -2.30. The van der Waals surface area contributed by atoms with Crippen molar-refractivity contribution in [3.63, 3.8) is 0 Å². The number of nitrogens with one attached hydrogen (secondary N) is 1. The summed E-state index contributed by atoms with van der Waals surface area (Å²) >= 11 is 0. The lowest BCUT2D eigenvalue weighted by Gasteiger charge is -2.13. The molecule has 0 aliphatic carbocycles. The minimum Gasteiger partial charge on any atom is -0.481 e. The highest BCUT2D eigenvalue weighted by Crippen LogP contribution is 2.08. The van der Waals surface area contributed by atoms with Crippen LogP contribution in [0.15, 0.2) is 6.20 Å². The largest absolute Gasteiger partial charge is 0.481 e. The third kappa shape index (κ3) is 3.87. The number of carboxylic acid groups (broad SMARTS) is 1. The van der Waals surface area contributed by atoms with E-state index in [-0.39, 0.29) is 18.2 Å². The van der Waals surface area contributed by atoms with Gasteiger partial charge in [-0.25, -0.2) is 0 Å². The zero-order chi connectivity index (χ0) is 13.7. The molecule has 2 N–H and O–H groups in total. The maximum atomic E-state index is 11.9. The summed E-state index contributed by atoms with van der Waals surface area (Å²) in [5, 5.41) is 15.6. The Kier molecular flexibility index (Phi) is 4.88. The summed E-state index contributed by atoms with van der Waals surface area (Å²) < 4.78 is 1.58. The van der Waals surface area contributed by atoms with E-state index in [0.29, 0.717) is 17.8 Å². The van der Waals surface area contributed by atoms with E-state index in [0.717, 1.165) is 6.42 Å². The van der Waals surface area contributed by atoms with Gasteiger partial charge < -0.3 is 10.4 Å². The van der Waals surface area contributed by atoms with Gasteiger partial charge in [-0.1, -0.05) is 13.3 Å². The van der Waals surface area contributed by atoms with Crippen LogP contribution in [0.25, 0.3) is 0 Å². The van der Waals surface area contributed by atoms with Crippen molar-refractivity contribution in [2.45, 2.75) is 26.7 Å². The van der Waals surface area contributed by atoms with Gasteiger partial charge in [-0.3, -0.25) is 14.3 Å². The Bertz CT molecular complexity index is 440. The van der Waals surface area contributed by atoms with Gasteiger partial charge >= 0.3 is 5.97 Å². The third-order valence-corrected chi connectivity index (χ3v) is 2.85. The topological polar surface area (TPSA) is 84.2 Å². The zero-order valence-electron chi connectivity index (χ0n) is 10.9. The first-order chi connectivity index (χ1) is 8.43. The molecule has 0 aliphatic rings. The molecule has 6 heteroatoms. The minimum absolute atomic E-state index is 0.0385. The molecular formula is C12H19N3O3. The Balaban J connectivity index is 2.55. The van der Waals surface area contributed by atoms with Crippen LogP contribution in [0.2, 0.25) is 0 Å². The van der Waals surface area contributed by atoms with E-state index >= 15 is 0 Å². The average Bonchev–Trinajstić information content (AvgIpc) is 2.62. The monoisotopic (exact) mass is 253 g/mol. The van der Waals surface area contributed by atoms with Crippen molar-refractivity contribution < 1.29 is 14.7 Å². The van der Waals surface area contributed by atoms with Crippen LogP contribution >= 0.6 is 0 Å². The fraction of sp³-hybridized carbons (Fsp3) is 0.583. The molecule has 100 valence electrons. The number of hydrogen-bond acceptors (Lipinski definition) is 3. The van der Waals surface area contributed by atoms with Crippen LogP contribution in [-0.4, -0.2) is 33.3 Å². The van der Waals surface area contributed by atoms with Crippen LogP contribution in [0, 0.1) is 12.8 Å². The Hall–Kier alpha value is -1.85. The van der Waals surface area contributed by atoms with Crippen LogP contribution in [0.5, 0.6) is 0 Å². The Morgan fingerprint density at radius 1 is 1.56 bits per heavy atom. The molecule has 6 nitrogen and oxygen atoms in total. The Labute approximate surface area is 106 Å². The normalized spacial score (nSPS) is 12.2. The molecule has 0 saturated carbocycles. The third-order valence-electron chi connectivity index (χ3n) is 2.85. The van der Waals surface area contributed by atoms with Gasteiger partial charge in [0.1, 0.15) is 0 Å². The number of hydrogen-bond donors (Lipinski definition) is 2. The van der Waals surface area contributed by atoms with Gasteiger partial charge in [-0.05, 0) is 12.8 Å². The van der Waals surface area contributed by atoms with Gasteiger partial charge in [0.25, 0.3) is 5.91 Å². The minimum atomic E-state index is -0.839. The standard InChI is InChI=1S/C12H19N3O3/c1-4-9(5-11(16)17)6-13-12(18)10-7-15(3)14-8(10)2/h7,9H,4-6H2,1-3H3,(H,13,18)(H,16,17). The van der Waals surface area contributed by atoms with Crippen molar-refractivity contribution in [3.05, 3.63) is 17.5 Å². The van der Waals surface area contributed by atoms with Gasteiger partial charge in [0, 0.05) is 26.2 Å². The van der Waals surface area contributed by atoms with Crippen molar-refractivity contribution in [3.8, 4) is 0 Å². The molecule has 1 heterocycles. The second kappa shape index (κ2) is 6.18. The highest BCUT2D eigenvalue weighted by Gasteiger charge is 2.15. The lowest BCUT2D eigenvalue weighted by atomic mass is 10.0. The number of carbonyl (C=O) groups excluding carboxylic acids is 1. The van der Waals surface area contributed by atoms with Crippen molar-refractivity contribution in [2.24, 2.45) is 13.0 Å². The summed E-state index contributed by atoms with van der Waals surface area (Å²) in [4.78, 5) is 22.5. The summed E-state index contributed by atoms with van der Waals surface area (Å²) in [6, 6.07) is 0. The molecule has 18 heavy (non-hydrogen) atoms. The van der Waals surface area contributed by atoms with E-state index in [4.69, 9.17) is 5.11 Å². The number of aryl methyl sites for hydroxylation is 2. The molecular weight excluding hydrogens is 234 g/mol. The average molecular weight is 253 g/mol. The second-order valence-corrected chi connectivity index (χ2v) is 4.38. The highest BCUT2D eigenvalue weighted by molar-refractivity contribution is 5.95. The van der Waals surface area contributed by atoms with E-state index in [2.05, 4.69) is 10.4 Å². The lowest BCUT2D eigenvalue weighted by molar-refractivity contribution is -0.138. The number of nitrogens with zero attached hydrogens (tertiary/aromatic N) is 2. The fourth-order valence-corrected chi connectivity index (χ4v) is 1.76. The number of carboxylic acids is 1. The van der Waals surface area contributed by atoms with Crippen molar-refractivity contribution in [1.29, 1.82) is 0 Å². The molecule has 0 saturated heterocycles. The molecule has 1 amide bonds. The SMILES string of the molecule is CCC(CNC(=O)c1cn(C)nc1C)CC(=O)O. The van der Waals surface area contributed by atoms with Gasteiger partial charge in [-0.15, -0.1) is 0 Å². The van der Waals surface area contributed by atoms with Crippen molar-refractivity contribution in [1.82, 2.24) is 15.1 Å². The fourth-order valence-electron chi connectivity index (χ4n) is 1.76. The first-order valence-electron chi connectivity index (χ1n) is 5.94. The molecule has 0 fully saturated rings. The molecule has 0 aromatic carbocycles. The van der Waals surface area contributed by atoms with Crippen molar-refractivity contribution >= 4 is 11.9 Å². The number of rotatable bonds is 6. The molecule has 1 unspecified atom stereocenters. The molecule has 1 aromatic heterocycles. The molecule has 0 radical (unpaired) electrons. The van der Waals surface area contributed by atoms with Gasteiger partial charge in [0.05, 0.1) is 11.3 Å². The summed E-state index contributed by atoms with van der Waals surface area (Å²) in [6.07, 6.45) is 2.45. The predicted molar refractivity (Wildman–Crippen MR) is 66.3 cm³/mol. The first-order valence-corrected chi connectivity index (χ1v) is 5.94. The van der Waals surface area contributed by atoms with Crippen LogP contribution in [0.4, 0.5) is 0 Å². The van der Waals surface area contributed by atoms with Gasteiger partial charge in [0.2, 0.25) is 0 Å². The van der Waals surface area contributed by atoms with Gasteiger partial charge in [0.15, 0.2) is 0 Å². The second-order valence-electron chi connectivity index (χ2n) is 4.38. The molecule has 1 aromatic rings. The summed E-state index contributed by atoms with van der Waals surface area (Å²) in [6.45, 7) is 4.05. The number of aliphatic carboxylic acids is 1. The van der Waals surface area contributed by atoms with E-state index in [1.165, 1.54) is 0 Å².